The zero-order valence-corrected chi connectivity index (χ0v) is 11.6. The van der Waals surface area contributed by atoms with Gasteiger partial charge in [-0.1, -0.05) is 12.2 Å². The van der Waals surface area contributed by atoms with Gasteiger partial charge < -0.3 is 19.7 Å². The Labute approximate surface area is 114 Å². The SMILES string of the molecule is COCC1CN(C(=O)NCC2CC=CCC2)CCO1. The van der Waals surface area contributed by atoms with E-state index in [0.29, 0.717) is 32.2 Å². The summed E-state index contributed by atoms with van der Waals surface area (Å²) in [6, 6.07) is 0.0268. The second-order valence-corrected chi connectivity index (χ2v) is 5.23. The molecule has 108 valence electrons. The van der Waals surface area contributed by atoms with Crippen LogP contribution in [-0.2, 0) is 9.47 Å². The Kier molecular flexibility index (Phi) is 5.66. The van der Waals surface area contributed by atoms with Crippen LogP contribution in [0.5, 0.6) is 0 Å². The van der Waals surface area contributed by atoms with E-state index in [1.165, 1.54) is 6.42 Å². The minimum absolute atomic E-state index is 0.00196. The van der Waals surface area contributed by atoms with Gasteiger partial charge in [0.1, 0.15) is 0 Å². The van der Waals surface area contributed by atoms with Crippen LogP contribution in [0.2, 0.25) is 0 Å². The molecule has 0 aromatic carbocycles. The van der Waals surface area contributed by atoms with Gasteiger partial charge in [-0.05, 0) is 25.2 Å². The molecule has 2 amide bonds. The van der Waals surface area contributed by atoms with E-state index in [-0.39, 0.29) is 12.1 Å². The summed E-state index contributed by atoms with van der Waals surface area (Å²) in [5, 5.41) is 3.04. The molecule has 2 aliphatic rings. The molecule has 5 nitrogen and oxygen atoms in total. The highest BCUT2D eigenvalue weighted by Gasteiger charge is 2.24. The molecule has 1 heterocycles. The fraction of sp³-hybridized carbons (Fsp3) is 0.786. The maximum atomic E-state index is 12.1. The van der Waals surface area contributed by atoms with Crippen LogP contribution in [-0.4, -0.2) is 57.0 Å². The number of ether oxygens (including phenoxy) is 2. The van der Waals surface area contributed by atoms with Crippen LogP contribution >= 0.6 is 0 Å². The van der Waals surface area contributed by atoms with Crippen LogP contribution in [0.25, 0.3) is 0 Å². The minimum Gasteiger partial charge on any atom is -0.382 e. The van der Waals surface area contributed by atoms with E-state index in [4.69, 9.17) is 9.47 Å². The highest BCUT2D eigenvalue weighted by Crippen LogP contribution is 2.17. The van der Waals surface area contributed by atoms with Gasteiger partial charge in [-0.25, -0.2) is 4.79 Å². The summed E-state index contributed by atoms with van der Waals surface area (Å²) in [5.41, 5.74) is 0. The molecule has 0 radical (unpaired) electrons. The summed E-state index contributed by atoms with van der Waals surface area (Å²) in [6.07, 6.45) is 7.82. The lowest BCUT2D eigenvalue weighted by molar-refractivity contribution is -0.0494. The van der Waals surface area contributed by atoms with Gasteiger partial charge in [-0.15, -0.1) is 0 Å². The minimum atomic E-state index is 0.00196. The van der Waals surface area contributed by atoms with Crippen LogP contribution < -0.4 is 5.32 Å². The Morgan fingerprint density at radius 3 is 3.16 bits per heavy atom. The topological polar surface area (TPSA) is 50.8 Å². The number of amides is 2. The lowest BCUT2D eigenvalue weighted by Crippen LogP contribution is -2.51. The third kappa shape index (κ3) is 4.51. The average Bonchev–Trinajstić information content (AvgIpc) is 2.46. The maximum absolute atomic E-state index is 12.1. The zero-order chi connectivity index (χ0) is 13.5. The number of hydrogen-bond acceptors (Lipinski definition) is 3. The highest BCUT2D eigenvalue weighted by atomic mass is 16.5. The van der Waals surface area contributed by atoms with Gasteiger partial charge in [0, 0.05) is 20.2 Å². The molecule has 0 bridgehead atoms. The van der Waals surface area contributed by atoms with Gasteiger partial charge >= 0.3 is 6.03 Å². The van der Waals surface area contributed by atoms with Crippen molar-refractivity contribution < 1.29 is 14.3 Å². The lowest BCUT2D eigenvalue weighted by Gasteiger charge is -2.33. The van der Waals surface area contributed by atoms with E-state index in [1.807, 2.05) is 4.90 Å². The standard InChI is InChI=1S/C14H24N2O3/c1-18-11-13-10-16(7-8-19-13)14(17)15-9-12-5-3-2-4-6-12/h2-3,12-13H,4-11H2,1H3,(H,15,17). The Balaban J connectivity index is 1.71. The molecule has 2 unspecified atom stereocenters. The third-order valence-corrected chi connectivity index (χ3v) is 3.70. The van der Waals surface area contributed by atoms with E-state index in [0.717, 1.165) is 19.4 Å². The number of morpholine rings is 1. The van der Waals surface area contributed by atoms with Crippen molar-refractivity contribution in [3.05, 3.63) is 12.2 Å². The van der Waals surface area contributed by atoms with E-state index >= 15 is 0 Å². The number of methoxy groups -OCH3 is 1. The Bertz CT molecular complexity index is 318. The second kappa shape index (κ2) is 7.50. The van der Waals surface area contributed by atoms with Gasteiger partial charge in [0.05, 0.1) is 25.9 Å². The third-order valence-electron chi connectivity index (χ3n) is 3.70. The van der Waals surface area contributed by atoms with Crippen LogP contribution in [0.15, 0.2) is 12.2 Å². The first-order chi connectivity index (χ1) is 9.29. The Hall–Kier alpha value is -1.07. The number of hydrogen-bond donors (Lipinski definition) is 1. The number of rotatable bonds is 4. The average molecular weight is 268 g/mol. The van der Waals surface area contributed by atoms with Crippen molar-refractivity contribution in [2.75, 3.05) is 40.0 Å². The second-order valence-electron chi connectivity index (χ2n) is 5.23. The van der Waals surface area contributed by atoms with Gasteiger partial charge in [-0.2, -0.15) is 0 Å². The van der Waals surface area contributed by atoms with Crippen molar-refractivity contribution in [1.82, 2.24) is 10.2 Å². The summed E-state index contributed by atoms with van der Waals surface area (Å²) in [4.78, 5) is 13.9. The molecule has 1 aliphatic heterocycles. The summed E-state index contributed by atoms with van der Waals surface area (Å²) in [5.74, 6) is 0.588. The molecule has 1 aliphatic carbocycles. The smallest absolute Gasteiger partial charge is 0.317 e. The van der Waals surface area contributed by atoms with Gasteiger partial charge in [-0.3, -0.25) is 0 Å². The number of nitrogens with one attached hydrogen (secondary N) is 1. The van der Waals surface area contributed by atoms with Crippen molar-refractivity contribution in [3.63, 3.8) is 0 Å². The van der Waals surface area contributed by atoms with Crippen molar-refractivity contribution in [2.24, 2.45) is 5.92 Å². The number of carbonyl (C=O) groups excluding carboxylic acids is 1. The first-order valence-electron chi connectivity index (χ1n) is 7.08. The molecule has 0 aromatic rings. The number of allylic oxidation sites excluding steroid dienone is 2. The molecular formula is C14H24N2O3. The first kappa shape index (κ1) is 14.3. The summed E-state index contributed by atoms with van der Waals surface area (Å²) in [6.45, 7) is 3.18. The predicted molar refractivity (Wildman–Crippen MR) is 73.1 cm³/mol. The van der Waals surface area contributed by atoms with Gasteiger partial charge in [0.25, 0.3) is 0 Å². The molecule has 0 saturated carbocycles. The summed E-state index contributed by atoms with van der Waals surface area (Å²) in [7, 11) is 1.65. The first-order valence-corrected chi connectivity index (χ1v) is 7.08. The summed E-state index contributed by atoms with van der Waals surface area (Å²) < 4.78 is 10.6. The largest absolute Gasteiger partial charge is 0.382 e. The van der Waals surface area contributed by atoms with Crippen molar-refractivity contribution in [1.29, 1.82) is 0 Å². The van der Waals surface area contributed by atoms with E-state index in [9.17, 15) is 4.79 Å². The van der Waals surface area contributed by atoms with Crippen LogP contribution in [0.3, 0.4) is 0 Å². The fourth-order valence-electron chi connectivity index (χ4n) is 2.58. The van der Waals surface area contributed by atoms with Crippen molar-refractivity contribution in [3.8, 4) is 0 Å². The molecule has 5 heteroatoms. The highest BCUT2D eigenvalue weighted by molar-refractivity contribution is 5.74. The Morgan fingerprint density at radius 1 is 1.53 bits per heavy atom. The molecule has 2 atom stereocenters. The lowest BCUT2D eigenvalue weighted by atomic mass is 9.94. The maximum Gasteiger partial charge on any atom is 0.317 e. The monoisotopic (exact) mass is 268 g/mol. The molecule has 19 heavy (non-hydrogen) atoms. The summed E-state index contributed by atoms with van der Waals surface area (Å²) >= 11 is 0. The molecule has 1 saturated heterocycles. The number of urea groups is 1. The fourth-order valence-corrected chi connectivity index (χ4v) is 2.58. The van der Waals surface area contributed by atoms with Crippen molar-refractivity contribution in [2.45, 2.75) is 25.4 Å². The van der Waals surface area contributed by atoms with Gasteiger partial charge in [0.2, 0.25) is 0 Å². The van der Waals surface area contributed by atoms with E-state index in [1.54, 1.807) is 7.11 Å². The van der Waals surface area contributed by atoms with Crippen LogP contribution in [0, 0.1) is 5.92 Å². The van der Waals surface area contributed by atoms with Crippen LogP contribution in [0.4, 0.5) is 4.79 Å². The normalized spacial score (nSPS) is 27.3. The Morgan fingerprint density at radius 2 is 2.42 bits per heavy atom. The van der Waals surface area contributed by atoms with E-state index < -0.39 is 0 Å². The number of nitrogens with zero attached hydrogens (tertiary/aromatic N) is 1. The number of carbonyl (C=O) groups is 1. The zero-order valence-electron chi connectivity index (χ0n) is 11.6. The molecule has 1 N–H and O–H groups in total. The van der Waals surface area contributed by atoms with E-state index in [2.05, 4.69) is 17.5 Å². The molecule has 2 rings (SSSR count). The van der Waals surface area contributed by atoms with Crippen LogP contribution in [0.1, 0.15) is 19.3 Å². The molecular weight excluding hydrogens is 244 g/mol. The predicted octanol–water partition coefficient (Wildman–Crippen LogP) is 1.40. The molecule has 0 aromatic heterocycles. The quantitative estimate of drug-likeness (QED) is 0.784. The van der Waals surface area contributed by atoms with Crippen molar-refractivity contribution >= 4 is 6.03 Å². The molecule has 0 spiro atoms. The van der Waals surface area contributed by atoms with Gasteiger partial charge in [0.15, 0.2) is 0 Å². The molecule has 1 fully saturated rings.